The first-order valence-electron chi connectivity index (χ1n) is 5.43. The number of benzene rings is 1. The van der Waals surface area contributed by atoms with E-state index in [2.05, 4.69) is 9.55 Å². The van der Waals surface area contributed by atoms with Gasteiger partial charge in [-0.3, -0.25) is 4.79 Å². The highest BCUT2D eigenvalue weighted by Gasteiger charge is 2.28. The largest absolute Gasteiger partial charge is 0.366 e. The molecule has 0 unspecified atom stereocenters. The first-order valence-corrected chi connectivity index (χ1v) is 5.43. The Morgan fingerprint density at radius 3 is 2.88 bits per heavy atom. The third-order valence-electron chi connectivity index (χ3n) is 3.14. The fourth-order valence-electron chi connectivity index (χ4n) is 2.07. The number of hydrogen-bond acceptors (Lipinski definition) is 2. The van der Waals surface area contributed by atoms with Gasteiger partial charge in [-0.05, 0) is 31.0 Å². The van der Waals surface area contributed by atoms with Crippen molar-refractivity contribution in [2.75, 3.05) is 0 Å². The molecule has 0 saturated heterocycles. The molecule has 1 saturated carbocycles. The minimum Gasteiger partial charge on any atom is -0.366 e. The molecule has 0 bridgehead atoms. The summed E-state index contributed by atoms with van der Waals surface area (Å²) >= 11 is 0. The van der Waals surface area contributed by atoms with Gasteiger partial charge in [-0.15, -0.1) is 0 Å². The Morgan fingerprint density at radius 2 is 2.25 bits per heavy atom. The topological polar surface area (TPSA) is 60.9 Å². The molecule has 1 aromatic heterocycles. The minimum absolute atomic E-state index is 0.393. The molecule has 0 spiro atoms. The maximum Gasteiger partial charge on any atom is 0.248 e. The molecule has 4 heteroatoms. The van der Waals surface area contributed by atoms with Crippen LogP contribution in [0, 0.1) is 0 Å². The van der Waals surface area contributed by atoms with Gasteiger partial charge in [0.05, 0.1) is 11.0 Å². The van der Waals surface area contributed by atoms with Crippen LogP contribution < -0.4 is 5.73 Å². The second kappa shape index (κ2) is 3.07. The predicted molar refractivity (Wildman–Crippen MR) is 61.2 cm³/mol. The van der Waals surface area contributed by atoms with Crippen LogP contribution in [0.15, 0.2) is 18.2 Å². The van der Waals surface area contributed by atoms with E-state index in [1.807, 2.05) is 19.2 Å². The highest BCUT2D eigenvalue weighted by molar-refractivity contribution is 5.96. The van der Waals surface area contributed by atoms with Crippen molar-refractivity contribution < 1.29 is 4.79 Å². The molecular weight excluding hydrogens is 202 g/mol. The fourth-order valence-corrected chi connectivity index (χ4v) is 2.07. The standard InChI is InChI=1S/C12H13N3O/c1-15-10-6-8(11(13)16)4-5-9(10)14-12(15)7-2-3-7/h4-7H,2-3H2,1H3,(H2,13,16). The average molecular weight is 215 g/mol. The van der Waals surface area contributed by atoms with Gasteiger partial charge < -0.3 is 10.3 Å². The Bertz CT molecular complexity index is 581. The normalized spacial score (nSPS) is 15.6. The molecule has 0 radical (unpaired) electrons. The van der Waals surface area contributed by atoms with E-state index in [0.29, 0.717) is 11.5 Å². The highest BCUT2D eigenvalue weighted by atomic mass is 16.1. The third-order valence-corrected chi connectivity index (χ3v) is 3.14. The number of carbonyl (C=O) groups is 1. The van der Waals surface area contributed by atoms with Gasteiger partial charge in [-0.2, -0.15) is 0 Å². The van der Waals surface area contributed by atoms with Crippen LogP contribution in [-0.2, 0) is 7.05 Å². The van der Waals surface area contributed by atoms with E-state index in [-0.39, 0.29) is 0 Å². The zero-order chi connectivity index (χ0) is 11.3. The molecule has 1 aromatic carbocycles. The van der Waals surface area contributed by atoms with Crippen LogP contribution in [-0.4, -0.2) is 15.5 Å². The van der Waals surface area contributed by atoms with E-state index in [9.17, 15) is 4.79 Å². The minimum atomic E-state index is -0.393. The van der Waals surface area contributed by atoms with Crippen LogP contribution in [0.3, 0.4) is 0 Å². The molecule has 1 aliphatic carbocycles. The number of aromatic nitrogens is 2. The number of nitrogens with zero attached hydrogens (tertiary/aromatic N) is 2. The SMILES string of the molecule is Cn1c(C2CC2)nc2ccc(C(N)=O)cc21. The second-order valence-electron chi connectivity index (χ2n) is 4.37. The number of nitrogens with two attached hydrogens (primary N) is 1. The Kier molecular flexibility index (Phi) is 1.80. The van der Waals surface area contributed by atoms with Gasteiger partial charge in [-0.1, -0.05) is 0 Å². The number of aryl methyl sites for hydroxylation is 1. The van der Waals surface area contributed by atoms with Crippen LogP contribution in [0.1, 0.15) is 34.9 Å². The van der Waals surface area contributed by atoms with Crippen molar-refractivity contribution in [3.8, 4) is 0 Å². The van der Waals surface area contributed by atoms with Crippen molar-refractivity contribution in [3.05, 3.63) is 29.6 Å². The molecule has 16 heavy (non-hydrogen) atoms. The van der Waals surface area contributed by atoms with E-state index in [0.717, 1.165) is 16.9 Å². The highest BCUT2D eigenvalue weighted by Crippen LogP contribution is 2.40. The molecule has 3 rings (SSSR count). The smallest absolute Gasteiger partial charge is 0.248 e. The zero-order valence-electron chi connectivity index (χ0n) is 9.10. The van der Waals surface area contributed by atoms with E-state index in [4.69, 9.17) is 5.73 Å². The molecule has 1 heterocycles. The fraction of sp³-hybridized carbons (Fsp3) is 0.333. The first-order chi connectivity index (χ1) is 7.66. The summed E-state index contributed by atoms with van der Waals surface area (Å²) in [6.45, 7) is 0. The number of amides is 1. The Balaban J connectivity index is 2.22. The maximum atomic E-state index is 11.1. The summed E-state index contributed by atoms with van der Waals surface area (Å²) in [4.78, 5) is 15.7. The summed E-state index contributed by atoms with van der Waals surface area (Å²) in [6, 6.07) is 5.41. The van der Waals surface area contributed by atoms with Crippen molar-refractivity contribution in [2.24, 2.45) is 12.8 Å². The van der Waals surface area contributed by atoms with Crippen molar-refractivity contribution in [2.45, 2.75) is 18.8 Å². The molecule has 2 N–H and O–H groups in total. The summed E-state index contributed by atoms with van der Waals surface area (Å²) in [6.07, 6.45) is 2.44. The molecule has 2 aromatic rings. The van der Waals surface area contributed by atoms with Gasteiger partial charge >= 0.3 is 0 Å². The van der Waals surface area contributed by atoms with Gasteiger partial charge in [0.25, 0.3) is 0 Å². The van der Waals surface area contributed by atoms with Gasteiger partial charge in [0, 0.05) is 18.5 Å². The summed E-state index contributed by atoms with van der Waals surface area (Å²) in [5, 5.41) is 0. The Hall–Kier alpha value is -1.84. The second-order valence-corrected chi connectivity index (χ2v) is 4.37. The number of carbonyl (C=O) groups excluding carboxylic acids is 1. The molecule has 1 aliphatic rings. The summed E-state index contributed by atoms with van der Waals surface area (Å²) in [7, 11) is 1.99. The van der Waals surface area contributed by atoms with Crippen LogP contribution >= 0.6 is 0 Å². The predicted octanol–water partition coefficient (Wildman–Crippen LogP) is 1.55. The van der Waals surface area contributed by atoms with Crippen LogP contribution in [0.5, 0.6) is 0 Å². The van der Waals surface area contributed by atoms with E-state index >= 15 is 0 Å². The van der Waals surface area contributed by atoms with Crippen LogP contribution in [0.2, 0.25) is 0 Å². The van der Waals surface area contributed by atoms with Gasteiger partial charge in [0.1, 0.15) is 5.82 Å². The number of imidazole rings is 1. The van der Waals surface area contributed by atoms with E-state index < -0.39 is 5.91 Å². The van der Waals surface area contributed by atoms with Crippen molar-refractivity contribution >= 4 is 16.9 Å². The number of primary amides is 1. The summed E-state index contributed by atoms with van der Waals surface area (Å²) < 4.78 is 2.07. The first kappa shape index (κ1) is 9.39. The molecule has 0 atom stereocenters. The van der Waals surface area contributed by atoms with Gasteiger partial charge in [-0.25, -0.2) is 4.98 Å². The molecule has 1 amide bonds. The maximum absolute atomic E-state index is 11.1. The third kappa shape index (κ3) is 1.30. The lowest BCUT2D eigenvalue weighted by Crippen LogP contribution is -2.10. The lowest BCUT2D eigenvalue weighted by molar-refractivity contribution is 0.100. The zero-order valence-corrected chi connectivity index (χ0v) is 9.10. The molecule has 0 aliphatic heterocycles. The van der Waals surface area contributed by atoms with Crippen LogP contribution in [0.25, 0.3) is 11.0 Å². The lowest BCUT2D eigenvalue weighted by Gasteiger charge is -2.00. The summed E-state index contributed by atoms with van der Waals surface area (Å²) in [5.74, 6) is 1.34. The van der Waals surface area contributed by atoms with Crippen molar-refractivity contribution in [1.29, 1.82) is 0 Å². The monoisotopic (exact) mass is 215 g/mol. The molecule has 4 nitrogen and oxygen atoms in total. The number of hydrogen-bond donors (Lipinski definition) is 1. The van der Waals surface area contributed by atoms with Crippen molar-refractivity contribution in [3.63, 3.8) is 0 Å². The van der Waals surface area contributed by atoms with E-state index in [1.165, 1.54) is 12.8 Å². The quantitative estimate of drug-likeness (QED) is 0.826. The average Bonchev–Trinajstić information content (AvgIpc) is 3.04. The van der Waals surface area contributed by atoms with Crippen LogP contribution in [0.4, 0.5) is 0 Å². The number of rotatable bonds is 2. The van der Waals surface area contributed by atoms with Gasteiger partial charge in [0.2, 0.25) is 5.91 Å². The van der Waals surface area contributed by atoms with E-state index in [1.54, 1.807) is 6.07 Å². The van der Waals surface area contributed by atoms with Crippen molar-refractivity contribution in [1.82, 2.24) is 9.55 Å². The Labute approximate surface area is 93.1 Å². The Morgan fingerprint density at radius 1 is 1.50 bits per heavy atom. The molecular formula is C12H13N3O. The number of fused-ring (bicyclic) bond motifs is 1. The molecule has 1 fully saturated rings. The summed E-state index contributed by atoms with van der Waals surface area (Å²) in [5.41, 5.74) is 7.73. The molecule has 82 valence electrons. The van der Waals surface area contributed by atoms with Gasteiger partial charge in [0.15, 0.2) is 0 Å². The lowest BCUT2D eigenvalue weighted by atomic mass is 10.2.